The van der Waals surface area contributed by atoms with Gasteiger partial charge in [0.1, 0.15) is 0 Å². The van der Waals surface area contributed by atoms with Gasteiger partial charge in [0.25, 0.3) is 0 Å². The lowest BCUT2D eigenvalue weighted by Crippen LogP contribution is -2.07. The van der Waals surface area contributed by atoms with Crippen molar-refractivity contribution in [2.45, 2.75) is 13.0 Å². The lowest BCUT2D eigenvalue weighted by atomic mass is 10.2. The van der Waals surface area contributed by atoms with Crippen LogP contribution in [0, 0.1) is 6.92 Å². The summed E-state index contributed by atoms with van der Waals surface area (Å²) in [5, 5.41) is 2.13. The molecule has 3 heterocycles. The van der Waals surface area contributed by atoms with Crippen molar-refractivity contribution >= 4 is 59.3 Å². The van der Waals surface area contributed by atoms with Gasteiger partial charge in [-0.2, -0.15) is 0 Å². The van der Waals surface area contributed by atoms with E-state index in [1.54, 1.807) is 34.0 Å². The van der Waals surface area contributed by atoms with E-state index in [2.05, 4.69) is 46.4 Å². The van der Waals surface area contributed by atoms with Crippen LogP contribution < -0.4 is 5.73 Å². The zero-order valence-electron chi connectivity index (χ0n) is 9.07. The van der Waals surface area contributed by atoms with E-state index >= 15 is 0 Å². The summed E-state index contributed by atoms with van der Waals surface area (Å²) >= 11 is 8.89. The predicted molar refractivity (Wildman–Crippen MR) is 82.5 cm³/mol. The Kier molecular flexibility index (Phi) is 3.13. The molecule has 0 amide bonds. The van der Waals surface area contributed by atoms with E-state index in [1.807, 2.05) is 0 Å². The van der Waals surface area contributed by atoms with Crippen LogP contribution in [0.4, 0.5) is 0 Å². The Morgan fingerprint density at radius 1 is 1.18 bits per heavy atom. The summed E-state index contributed by atoms with van der Waals surface area (Å²) in [7, 11) is 0. The quantitative estimate of drug-likeness (QED) is 0.684. The first-order valence-corrected chi connectivity index (χ1v) is 8.44. The van der Waals surface area contributed by atoms with Gasteiger partial charge in [0, 0.05) is 28.5 Å². The Hall–Kier alpha value is -0.200. The van der Waals surface area contributed by atoms with Crippen LogP contribution in [0.25, 0.3) is 9.40 Å². The van der Waals surface area contributed by atoms with Gasteiger partial charge in [-0.05, 0) is 46.4 Å². The van der Waals surface area contributed by atoms with Crippen LogP contribution >= 0.6 is 49.9 Å². The fourth-order valence-electron chi connectivity index (χ4n) is 1.71. The van der Waals surface area contributed by atoms with Crippen LogP contribution in [-0.4, -0.2) is 0 Å². The van der Waals surface area contributed by atoms with Gasteiger partial charge in [-0.3, -0.25) is 0 Å². The highest BCUT2D eigenvalue weighted by Gasteiger charge is 2.16. The molecule has 0 fully saturated rings. The number of hydrogen-bond donors (Lipinski definition) is 1. The third kappa shape index (κ3) is 2.11. The molecule has 0 bridgehead atoms. The van der Waals surface area contributed by atoms with Gasteiger partial charge in [-0.1, -0.05) is 0 Å². The maximum atomic E-state index is 6.33. The van der Waals surface area contributed by atoms with E-state index in [-0.39, 0.29) is 6.04 Å². The molecule has 17 heavy (non-hydrogen) atoms. The van der Waals surface area contributed by atoms with Crippen LogP contribution in [0.5, 0.6) is 0 Å². The van der Waals surface area contributed by atoms with Gasteiger partial charge in [-0.15, -0.1) is 34.0 Å². The molecule has 0 saturated carbocycles. The van der Waals surface area contributed by atoms with Crippen molar-refractivity contribution in [2.75, 3.05) is 0 Å². The summed E-state index contributed by atoms with van der Waals surface area (Å²) in [4.78, 5) is 3.76. The Balaban J connectivity index is 2.01. The largest absolute Gasteiger partial charge is 0.319 e. The molecule has 3 aromatic rings. The van der Waals surface area contributed by atoms with Crippen molar-refractivity contribution in [3.8, 4) is 0 Å². The van der Waals surface area contributed by atoms with Crippen molar-refractivity contribution in [3.63, 3.8) is 0 Å². The number of aryl methyl sites for hydroxylation is 1. The number of fused-ring (bicyclic) bond motifs is 1. The molecule has 0 radical (unpaired) electrons. The molecule has 0 aliphatic heterocycles. The molecule has 1 unspecified atom stereocenters. The summed E-state index contributed by atoms with van der Waals surface area (Å²) in [5.74, 6) is 0. The average Bonchev–Trinajstić information content (AvgIpc) is 2.92. The Morgan fingerprint density at radius 3 is 2.59 bits per heavy atom. The molecule has 0 aromatic carbocycles. The van der Waals surface area contributed by atoms with Gasteiger partial charge in [0.05, 0.1) is 6.04 Å². The maximum absolute atomic E-state index is 6.33. The fraction of sp³-hybridized carbons (Fsp3) is 0.167. The third-order valence-corrected chi connectivity index (χ3v) is 7.04. The average molecular weight is 344 g/mol. The second-order valence-corrected chi connectivity index (χ2v) is 8.03. The minimum atomic E-state index is 0.00889. The molecule has 5 heteroatoms. The fourth-order valence-corrected chi connectivity index (χ4v) is 5.51. The number of hydrogen-bond acceptors (Lipinski definition) is 4. The minimum Gasteiger partial charge on any atom is -0.319 e. The Morgan fingerprint density at radius 2 is 1.94 bits per heavy atom. The topological polar surface area (TPSA) is 26.0 Å². The smallest absolute Gasteiger partial charge is 0.0741 e. The molecule has 1 nitrogen and oxygen atoms in total. The molecule has 0 spiro atoms. The Bertz CT molecular complexity index is 616. The van der Waals surface area contributed by atoms with Crippen molar-refractivity contribution in [2.24, 2.45) is 5.73 Å². The molecule has 0 aliphatic carbocycles. The van der Waals surface area contributed by atoms with Crippen LogP contribution in [0.3, 0.4) is 0 Å². The van der Waals surface area contributed by atoms with Gasteiger partial charge in [0.15, 0.2) is 0 Å². The van der Waals surface area contributed by atoms with Gasteiger partial charge < -0.3 is 5.73 Å². The van der Waals surface area contributed by atoms with Crippen molar-refractivity contribution in [1.29, 1.82) is 0 Å². The first kappa shape index (κ1) is 11.9. The zero-order valence-corrected chi connectivity index (χ0v) is 13.1. The maximum Gasteiger partial charge on any atom is 0.0741 e. The highest BCUT2D eigenvalue weighted by molar-refractivity contribution is 9.10. The van der Waals surface area contributed by atoms with E-state index in [4.69, 9.17) is 5.73 Å². The summed E-state index contributed by atoms with van der Waals surface area (Å²) in [6.45, 7) is 2.11. The first-order chi connectivity index (χ1) is 8.15. The molecule has 0 aliphatic rings. The van der Waals surface area contributed by atoms with Crippen molar-refractivity contribution < 1.29 is 0 Å². The monoisotopic (exact) mass is 343 g/mol. The summed E-state index contributed by atoms with van der Waals surface area (Å²) in [6.07, 6.45) is 0. The highest BCUT2D eigenvalue weighted by Crippen LogP contribution is 2.38. The molecule has 1 atom stereocenters. The number of nitrogens with two attached hydrogens (primary N) is 1. The van der Waals surface area contributed by atoms with Gasteiger partial charge in [0.2, 0.25) is 0 Å². The second-order valence-electron chi connectivity index (χ2n) is 3.83. The second kappa shape index (κ2) is 4.48. The zero-order chi connectivity index (χ0) is 12.0. The normalized spacial score (nSPS) is 13.4. The van der Waals surface area contributed by atoms with Crippen molar-refractivity contribution in [3.05, 3.63) is 42.7 Å². The lowest BCUT2D eigenvalue weighted by molar-refractivity contribution is 0.918. The third-order valence-electron chi connectivity index (χ3n) is 2.65. The van der Waals surface area contributed by atoms with Crippen LogP contribution in [0.2, 0.25) is 0 Å². The number of thiophene rings is 3. The molecule has 3 aromatic heterocycles. The minimum absolute atomic E-state index is 0.00889. The van der Waals surface area contributed by atoms with Crippen LogP contribution in [-0.2, 0) is 0 Å². The van der Waals surface area contributed by atoms with Crippen molar-refractivity contribution in [1.82, 2.24) is 0 Å². The van der Waals surface area contributed by atoms with Gasteiger partial charge >= 0.3 is 0 Å². The molecular weight excluding hydrogens is 334 g/mol. The van der Waals surface area contributed by atoms with E-state index < -0.39 is 0 Å². The first-order valence-electron chi connectivity index (χ1n) is 5.13. The highest BCUT2D eigenvalue weighted by atomic mass is 79.9. The Labute approximate surface area is 120 Å². The predicted octanol–water partition coefficient (Wildman–Crippen LogP) is 5.14. The molecule has 3 rings (SSSR count). The molecule has 0 saturated heterocycles. The SMILES string of the molecule is Cc1sc(C(N)c2cc3sccc3s2)cc1Br. The summed E-state index contributed by atoms with van der Waals surface area (Å²) in [6, 6.07) is 6.53. The number of halogens is 1. The van der Waals surface area contributed by atoms with E-state index in [0.717, 1.165) is 4.47 Å². The number of rotatable bonds is 2. The van der Waals surface area contributed by atoms with Crippen LogP contribution in [0.15, 0.2) is 28.1 Å². The van der Waals surface area contributed by atoms with Gasteiger partial charge in [-0.25, -0.2) is 0 Å². The van der Waals surface area contributed by atoms with E-state index in [0.29, 0.717) is 0 Å². The molecule has 2 N–H and O–H groups in total. The van der Waals surface area contributed by atoms with E-state index in [9.17, 15) is 0 Å². The summed E-state index contributed by atoms with van der Waals surface area (Å²) < 4.78 is 3.84. The summed E-state index contributed by atoms with van der Waals surface area (Å²) in [5.41, 5.74) is 6.33. The molecule has 88 valence electrons. The van der Waals surface area contributed by atoms with E-state index in [1.165, 1.54) is 24.0 Å². The lowest BCUT2D eigenvalue weighted by Gasteiger charge is -2.05. The van der Waals surface area contributed by atoms with Crippen LogP contribution in [0.1, 0.15) is 20.7 Å². The standard InChI is InChI=1S/C12H10BrNS3/c1-6-7(13)4-10(16-6)12(14)11-5-9-8(17-11)2-3-15-9/h2-5,12H,14H2,1H3. The molecular formula is C12H10BrNS3.